The molecule has 0 aliphatic carbocycles. The predicted molar refractivity (Wildman–Crippen MR) is 54.6 cm³/mol. The first-order chi connectivity index (χ1) is 6.81. The maximum Gasteiger partial charge on any atom is 0.310 e. The standard InChI is InChI=1S/C7H8F5NOS2/c1-15(14)7-3-2-5(4-6(7)13)16(8,9,10,11)12/h2-4H,13H2,1H3. The molecule has 0 aliphatic heterocycles. The quantitative estimate of drug-likeness (QED) is 0.664. The zero-order valence-corrected chi connectivity index (χ0v) is 9.56. The number of nitrogen functional groups attached to an aromatic ring is 1. The summed E-state index contributed by atoms with van der Waals surface area (Å²) in [5.74, 6) is 0. The third-order valence-corrected chi connectivity index (χ3v) is 3.87. The molecule has 0 saturated carbocycles. The smallest absolute Gasteiger partial charge is 0.310 e. The predicted octanol–water partition coefficient (Wildman–Crippen LogP) is 3.66. The Morgan fingerprint density at radius 3 is 2.00 bits per heavy atom. The molecule has 1 unspecified atom stereocenters. The molecule has 1 aromatic rings. The molecule has 1 aromatic carbocycles. The second-order valence-electron chi connectivity index (χ2n) is 3.12. The van der Waals surface area contributed by atoms with E-state index in [0.717, 1.165) is 0 Å². The van der Waals surface area contributed by atoms with Crippen LogP contribution in [0.15, 0.2) is 28.0 Å². The van der Waals surface area contributed by atoms with Crippen molar-refractivity contribution < 1.29 is 23.6 Å². The Balaban J connectivity index is 3.45. The van der Waals surface area contributed by atoms with Gasteiger partial charge in [-0.25, -0.2) is 0 Å². The van der Waals surface area contributed by atoms with E-state index < -0.39 is 31.6 Å². The largest absolute Gasteiger partial charge is 0.398 e. The molecule has 0 aliphatic rings. The summed E-state index contributed by atoms with van der Waals surface area (Å²) in [5, 5.41) is 0. The van der Waals surface area contributed by atoms with Crippen LogP contribution < -0.4 is 5.73 Å². The van der Waals surface area contributed by atoms with E-state index in [-0.39, 0.29) is 17.0 Å². The summed E-state index contributed by atoms with van der Waals surface area (Å²) in [4.78, 5) is -2.18. The van der Waals surface area contributed by atoms with Gasteiger partial charge in [0.05, 0.1) is 15.7 Å². The van der Waals surface area contributed by atoms with Gasteiger partial charge in [-0.05, 0) is 18.2 Å². The minimum atomic E-state index is -9.70. The van der Waals surface area contributed by atoms with Crippen LogP contribution in [0.4, 0.5) is 25.1 Å². The molecule has 0 amide bonds. The van der Waals surface area contributed by atoms with Crippen LogP contribution in [0, 0.1) is 0 Å². The molecule has 1 atom stereocenters. The maximum atomic E-state index is 12.3. The van der Waals surface area contributed by atoms with E-state index in [2.05, 4.69) is 0 Å². The van der Waals surface area contributed by atoms with Gasteiger partial charge in [0.1, 0.15) is 4.90 Å². The van der Waals surface area contributed by atoms with E-state index >= 15 is 0 Å². The van der Waals surface area contributed by atoms with E-state index in [1.165, 1.54) is 6.26 Å². The van der Waals surface area contributed by atoms with Gasteiger partial charge in [-0.15, -0.1) is 0 Å². The molecule has 9 heteroatoms. The SMILES string of the molecule is CS(=O)c1ccc(S(F)(F)(F)(F)F)cc1N. The van der Waals surface area contributed by atoms with Crippen molar-refractivity contribution in [2.45, 2.75) is 9.79 Å². The minimum absolute atomic E-state index is 0.106. The van der Waals surface area contributed by atoms with Crippen LogP contribution in [0.25, 0.3) is 0 Å². The fraction of sp³-hybridized carbons (Fsp3) is 0.143. The first kappa shape index (κ1) is 13.2. The highest BCUT2D eigenvalue weighted by atomic mass is 32.5. The second kappa shape index (κ2) is 2.89. The van der Waals surface area contributed by atoms with Gasteiger partial charge in [0, 0.05) is 11.9 Å². The van der Waals surface area contributed by atoms with Gasteiger partial charge in [0.2, 0.25) is 0 Å². The van der Waals surface area contributed by atoms with Crippen molar-refractivity contribution >= 4 is 26.7 Å². The summed E-state index contributed by atoms with van der Waals surface area (Å²) >= 11 is 0. The van der Waals surface area contributed by atoms with Gasteiger partial charge in [-0.1, -0.05) is 19.4 Å². The highest BCUT2D eigenvalue weighted by Gasteiger charge is 2.65. The third kappa shape index (κ3) is 2.85. The number of hydrogen-bond acceptors (Lipinski definition) is 2. The van der Waals surface area contributed by atoms with Crippen LogP contribution in [-0.4, -0.2) is 10.5 Å². The molecule has 0 fully saturated rings. The molecule has 0 aromatic heterocycles. The number of anilines is 1. The monoisotopic (exact) mass is 281 g/mol. The number of nitrogens with two attached hydrogens (primary N) is 1. The minimum Gasteiger partial charge on any atom is -0.398 e. The Labute approximate surface area is 90.8 Å². The van der Waals surface area contributed by atoms with E-state index in [9.17, 15) is 23.6 Å². The Morgan fingerprint density at radius 1 is 1.19 bits per heavy atom. The lowest BCUT2D eigenvalue weighted by molar-refractivity contribution is 0.364. The van der Waals surface area contributed by atoms with Crippen LogP contribution in [0.2, 0.25) is 0 Å². The van der Waals surface area contributed by atoms with Crippen LogP contribution in [0.3, 0.4) is 0 Å². The molecule has 0 spiro atoms. The lowest BCUT2D eigenvalue weighted by Gasteiger charge is -2.40. The van der Waals surface area contributed by atoms with Crippen molar-refractivity contribution in [3.8, 4) is 0 Å². The van der Waals surface area contributed by atoms with Crippen molar-refractivity contribution in [3.63, 3.8) is 0 Å². The van der Waals surface area contributed by atoms with Gasteiger partial charge in [-0.3, -0.25) is 4.21 Å². The van der Waals surface area contributed by atoms with Crippen LogP contribution in [0.5, 0.6) is 0 Å². The highest BCUT2D eigenvalue weighted by Crippen LogP contribution is 3.02. The molecule has 0 bridgehead atoms. The third-order valence-electron chi connectivity index (χ3n) is 1.74. The zero-order valence-electron chi connectivity index (χ0n) is 7.92. The Hall–Kier alpha value is -0.830. The molecule has 0 radical (unpaired) electrons. The van der Waals surface area contributed by atoms with Crippen molar-refractivity contribution in [1.29, 1.82) is 0 Å². The zero-order chi connectivity index (χ0) is 12.8. The molecule has 1 rings (SSSR count). The van der Waals surface area contributed by atoms with Crippen molar-refractivity contribution in [1.82, 2.24) is 0 Å². The number of benzene rings is 1. The molecule has 0 saturated heterocycles. The molecule has 2 N–H and O–H groups in total. The molecule has 0 heterocycles. The second-order valence-corrected chi connectivity index (χ2v) is 6.88. The van der Waals surface area contributed by atoms with Gasteiger partial charge < -0.3 is 5.73 Å². The topological polar surface area (TPSA) is 43.1 Å². The first-order valence-electron chi connectivity index (χ1n) is 3.78. The Bertz CT molecular complexity index is 469. The lowest BCUT2D eigenvalue weighted by atomic mass is 10.3. The lowest BCUT2D eigenvalue weighted by Crippen LogP contribution is -2.07. The normalized spacial score (nSPS) is 18.6. The molecule has 16 heavy (non-hydrogen) atoms. The summed E-state index contributed by atoms with van der Waals surface area (Å²) in [5.41, 5.74) is 4.57. The number of halogens is 5. The summed E-state index contributed by atoms with van der Waals surface area (Å²) in [6.07, 6.45) is 1.19. The molecule has 2 nitrogen and oxygen atoms in total. The van der Waals surface area contributed by atoms with Crippen LogP contribution in [0.1, 0.15) is 0 Å². The van der Waals surface area contributed by atoms with E-state index in [1.807, 2.05) is 0 Å². The summed E-state index contributed by atoms with van der Waals surface area (Å²) in [6, 6.07) is 0.992. The average Bonchev–Trinajstić information content (AvgIpc) is 1.98. The summed E-state index contributed by atoms with van der Waals surface area (Å²) in [7, 11) is -11.3. The van der Waals surface area contributed by atoms with Crippen molar-refractivity contribution in [3.05, 3.63) is 18.2 Å². The Morgan fingerprint density at radius 2 is 1.69 bits per heavy atom. The van der Waals surface area contributed by atoms with Gasteiger partial charge >= 0.3 is 10.2 Å². The molecule has 94 valence electrons. The highest BCUT2D eigenvalue weighted by molar-refractivity contribution is 8.45. The van der Waals surface area contributed by atoms with E-state index in [1.54, 1.807) is 0 Å². The summed E-state index contributed by atoms with van der Waals surface area (Å²) < 4.78 is 72.6. The Kier molecular flexibility index (Phi) is 2.39. The molecular weight excluding hydrogens is 273 g/mol. The van der Waals surface area contributed by atoms with Crippen molar-refractivity contribution in [2.75, 3.05) is 12.0 Å². The van der Waals surface area contributed by atoms with Gasteiger partial charge in [-0.2, -0.15) is 0 Å². The summed E-state index contributed by atoms with van der Waals surface area (Å²) in [6.45, 7) is 0. The van der Waals surface area contributed by atoms with Crippen molar-refractivity contribution in [2.24, 2.45) is 0 Å². The van der Waals surface area contributed by atoms with Crippen LogP contribution in [-0.2, 0) is 10.8 Å². The average molecular weight is 281 g/mol. The number of hydrogen-bond donors (Lipinski definition) is 1. The molecular formula is C7H8F5NOS2. The van der Waals surface area contributed by atoms with Crippen LogP contribution >= 0.6 is 10.2 Å². The first-order valence-corrected chi connectivity index (χ1v) is 7.29. The van der Waals surface area contributed by atoms with E-state index in [0.29, 0.717) is 6.07 Å². The van der Waals surface area contributed by atoms with Gasteiger partial charge in [0.15, 0.2) is 0 Å². The van der Waals surface area contributed by atoms with E-state index in [4.69, 9.17) is 5.73 Å². The number of rotatable bonds is 2. The fourth-order valence-electron chi connectivity index (χ4n) is 1.03. The van der Waals surface area contributed by atoms with Gasteiger partial charge in [0.25, 0.3) is 0 Å². The fourth-order valence-corrected chi connectivity index (χ4v) is 2.35. The maximum absolute atomic E-state index is 12.3.